The largest absolute Gasteiger partial charge is 0.369 e. The summed E-state index contributed by atoms with van der Waals surface area (Å²) in [6.07, 6.45) is 15.8. The molecule has 1 unspecified atom stereocenters. The molecule has 192 valence electrons. The van der Waals surface area contributed by atoms with Gasteiger partial charge in [0.1, 0.15) is 11.4 Å². The lowest BCUT2D eigenvalue weighted by atomic mass is 9.74. The van der Waals surface area contributed by atoms with E-state index in [0.717, 1.165) is 62.2 Å². The van der Waals surface area contributed by atoms with Crippen molar-refractivity contribution < 1.29 is 4.79 Å². The van der Waals surface area contributed by atoms with Gasteiger partial charge in [-0.25, -0.2) is 9.98 Å². The molecule has 1 amide bonds. The zero-order chi connectivity index (χ0) is 25.0. The number of carbonyl (C=O) groups excluding carboxylic acids is 1. The van der Waals surface area contributed by atoms with Gasteiger partial charge in [-0.2, -0.15) is 0 Å². The van der Waals surface area contributed by atoms with Gasteiger partial charge < -0.3 is 11.1 Å². The Morgan fingerprint density at radius 2 is 1.75 bits per heavy atom. The lowest BCUT2D eigenvalue weighted by Crippen LogP contribution is -2.44. The standard InChI is InChI=1S/C30H41N5O/c1-35-28(36)30(34-29(35)31,18-17-22-9-4-2-5-10-22)20-23-11-8-14-26(19-23)33-27-16-15-25(21-32-27)24-12-6-3-7-13-24/h3,6-7,12-13,15-16,21-23,26H,2,4-5,8-11,14,17-20H2,1H3,(H2,31,34)(H,32,33)/t23-,26?,30+/m0/s1. The number of aromatic nitrogens is 1. The quantitative estimate of drug-likeness (QED) is 0.479. The van der Waals surface area contributed by atoms with Crippen LogP contribution in [-0.4, -0.2) is 40.4 Å². The molecule has 2 heterocycles. The maximum absolute atomic E-state index is 13.4. The first-order valence-electron chi connectivity index (χ1n) is 13.9. The van der Waals surface area contributed by atoms with Crippen LogP contribution in [0.3, 0.4) is 0 Å². The molecule has 0 spiro atoms. The van der Waals surface area contributed by atoms with Crippen LogP contribution in [0, 0.1) is 11.8 Å². The van der Waals surface area contributed by atoms with E-state index in [1.165, 1.54) is 37.7 Å². The highest BCUT2D eigenvalue weighted by molar-refractivity contribution is 6.06. The van der Waals surface area contributed by atoms with Crippen molar-refractivity contribution in [2.75, 3.05) is 12.4 Å². The first kappa shape index (κ1) is 24.8. The van der Waals surface area contributed by atoms with Crippen LogP contribution in [0.1, 0.15) is 77.0 Å². The first-order valence-corrected chi connectivity index (χ1v) is 13.9. The van der Waals surface area contributed by atoms with Crippen LogP contribution >= 0.6 is 0 Å². The Hall–Kier alpha value is -2.89. The number of nitrogens with zero attached hydrogens (tertiary/aromatic N) is 3. The van der Waals surface area contributed by atoms with Gasteiger partial charge in [0.15, 0.2) is 5.96 Å². The molecular formula is C30H41N5O. The molecule has 2 aromatic rings. The van der Waals surface area contributed by atoms with Crippen molar-refractivity contribution in [1.29, 1.82) is 0 Å². The molecule has 1 aromatic carbocycles. The van der Waals surface area contributed by atoms with E-state index in [1.54, 1.807) is 11.9 Å². The minimum absolute atomic E-state index is 0.101. The number of nitrogens with one attached hydrogen (secondary N) is 1. The van der Waals surface area contributed by atoms with Crippen LogP contribution in [0.2, 0.25) is 0 Å². The van der Waals surface area contributed by atoms with E-state index in [2.05, 4.69) is 41.7 Å². The van der Waals surface area contributed by atoms with Crippen molar-refractivity contribution in [2.24, 2.45) is 22.6 Å². The Bertz CT molecular complexity index is 1050. The average molecular weight is 488 g/mol. The molecule has 2 saturated carbocycles. The number of hydrogen-bond donors (Lipinski definition) is 2. The minimum atomic E-state index is -0.668. The highest BCUT2D eigenvalue weighted by Gasteiger charge is 2.48. The van der Waals surface area contributed by atoms with Gasteiger partial charge in [-0.05, 0) is 61.6 Å². The molecule has 3 aliphatic rings. The second kappa shape index (κ2) is 11.0. The summed E-state index contributed by atoms with van der Waals surface area (Å²) in [5, 5.41) is 3.67. The maximum atomic E-state index is 13.4. The van der Waals surface area contributed by atoms with Gasteiger partial charge in [0.05, 0.1) is 0 Å². The van der Waals surface area contributed by atoms with E-state index in [9.17, 15) is 4.79 Å². The topological polar surface area (TPSA) is 83.6 Å². The summed E-state index contributed by atoms with van der Waals surface area (Å²) in [5.74, 6) is 2.60. The van der Waals surface area contributed by atoms with E-state index in [-0.39, 0.29) is 5.91 Å². The lowest BCUT2D eigenvalue weighted by molar-refractivity contribution is -0.131. The van der Waals surface area contributed by atoms with E-state index in [0.29, 0.717) is 17.9 Å². The number of likely N-dealkylation sites (N-methyl/N-ethyl adjacent to an activating group) is 1. The number of benzene rings is 1. The number of anilines is 1. The molecule has 1 aromatic heterocycles. The average Bonchev–Trinajstić information content (AvgIpc) is 3.12. The number of carbonyl (C=O) groups is 1. The summed E-state index contributed by atoms with van der Waals surface area (Å²) in [7, 11) is 1.78. The van der Waals surface area contributed by atoms with Crippen molar-refractivity contribution in [3.05, 3.63) is 48.7 Å². The van der Waals surface area contributed by atoms with Crippen molar-refractivity contribution in [1.82, 2.24) is 9.88 Å². The fourth-order valence-corrected chi connectivity index (χ4v) is 6.65. The number of nitrogens with two attached hydrogens (primary N) is 1. The third-order valence-electron chi connectivity index (χ3n) is 8.70. The van der Waals surface area contributed by atoms with Crippen LogP contribution in [0.4, 0.5) is 5.82 Å². The molecule has 3 N–H and O–H groups in total. The Kier molecular flexibility index (Phi) is 7.59. The maximum Gasteiger partial charge on any atom is 0.257 e. The molecule has 2 aliphatic carbocycles. The van der Waals surface area contributed by atoms with Gasteiger partial charge in [0, 0.05) is 24.8 Å². The van der Waals surface area contributed by atoms with Crippen molar-refractivity contribution in [3.8, 4) is 11.1 Å². The Morgan fingerprint density at radius 3 is 2.44 bits per heavy atom. The smallest absolute Gasteiger partial charge is 0.257 e. The molecule has 6 nitrogen and oxygen atoms in total. The van der Waals surface area contributed by atoms with Crippen molar-refractivity contribution >= 4 is 17.7 Å². The van der Waals surface area contributed by atoms with Crippen molar-refractivity contribution in [3.63, 3.8) is 0 Å². The molecule has 2 fully saturated rings. The molecule has 3 atom stereocenters. The predicted molar refractivity (Wildman–Crippen MR) is 147 cm³/mol. The number of aliphatic imine (C=N–C) groups is 1. The van der Waals surface area contributed by atoms with Gasteiger partial charge in [0.25, 0.3) is 5.91 Å². The van der Waals surface area contributed by atoms with E-state index < -0.39 is 5.54 Å². The zero-order valence-corrected chi connectivity index (χ0v) is 21.7. The Balaban J connectivity index is 1.22. The second-order valence-corrected chi connectivity index (χ2v) is 11.3. The molecule has 5 rings (SSSR count). The normalized spacial score (nSPS) is 27.2. The second-order valence-electron chi connectivity index (χ2n) is 11.3. The summed E-state index contributed by atoms with van der Waals surface area (Å²) in [4.78, 5) is 24.5. The van der Waals surface area contributed by atoms with Gasteiger partial charge in [-0.15, -0.1) is 0 Å². The lowest BCUT2D eigenvalue weighted by Gasteiger charge is -2.35. The van der Waals surface area contributed by atoms with Gasteiger partial charge >= 0.3 is 0 Å². The van der Waals surface area contributed by atoms with Gasteiger partial charge in [-0.1, -0.05) is 75.3 Å². The highest BCUT2D eigenvalue weighted by atomic mass is 16.2. The SMILES string of the molecule is CN1C(=O)[C@@](CCC2CCCCC2)(C[C@H]2CCCC(Nc3ccc(-c4ccccc4)cn3)C2)N=C1N. The number of pyridine rings is 1. The molecule has 0 bridgehead atoms. The van der Waals surface area contributed by atoms with E-state index in [4.69, 9.17) is 15.7 Å². The molecule has 0 saturated heterocycles. The van der Waals surface area contributed by atoms with Gasteiger partial charge in [0.2, 0.25) is 0 Å². The molecular weight excluding hydrogens is 446 g/mol. The summed E-state index contributed by atoms with van der Waals surface area (Å²) >= 11 is 0. The Morgan fingerprint density at radius 1 is 0.972 bits per heavy atom. The van der Waals surface area contributed by atoms with Crippen LogP contribution in [0.25, 0.3) is 11.1 Å². The number of rotatable bonds is 8. The predicted octanol–water partition coefficient (Wildman–Crippen LogP) is 6.00. The van der Waals surface area contributed by atoms with Crippen molar-refractivity contribution in [2.45, 2.75) is 88.6 Å². The molecule has 36 heavy (non-hydrogen) atoms. The summed E-state index contributed by atoms with van der Waals surface area (Å²) < 4.78 is 0. The summed E-state index contributed by atoms with van der Waals surface area (Å²) in [6.45, 7) is 0. The monoisotopic (exact) mass is 487 g/mol. The summed E-state index contributed by atoms with van der Waals surface area (Å²) in [5.41, 5.74) is 7.81. The highest BCUT2D eigenvalue weighted by Crippen LogP contribution is 2.41. The third kappa shape index (κ3) is 5.58. The first-order chi connectivity index (χ1) is 17.5. The fourth-order valence-electron chi connectivity index (χ4n) is 6.65. The molecule has 1 aliphatic heterocycles. The van der Waals surface area contributed by atoms with Crippen LogP contribution in [0.15, 0.2) is 53.7 Å². The third-order valence-corrected chi connectivity index (χ3v) is 8.70. The van der Waals surface area contributed by atoms with Crippen LogP contribution in [0.5, 0.6) is 0 Å². The summed E-state index contributed by atoms with van der Waals surface area (Å²) in [6, 6.07) is 14.9. The van der Waals surface area contributed by atoms with Crippen LogP contribution in [-0.2, 0) is 4.79 Å². The van der Waals surface area contributed by atoms with Gasteiger partial charge in [-0.3, -0.25) is 9.69 Å². The van der Waals surface area contributed by atoms with E-state index in [1.807, 2.05) is 12.3 Å². The van der Waals surface area contributed by atoms with E-state index >= 15 is 0 Å². The zero-order valence-electron chi connectivity index (χ0n) is 21.7. The Labute approximate surface area is 215 Å². The van der Waals surface area contributed by atoms with Crippen LogP contribution < -0.4 is 11.1 Å². The minimum Gasteiger partial charge on any atom is -0.369 e. The number of guanidine groups is 1. The number of hydrogen-bond acceptors (Lipinski definition) is 5. The molecule has 6 heteroatoms. The molecule has 0 radical (unpaired) electrons. The fraction of sp³-hybridized carbons (Fsp3) is 0.567. The number of amides is 1.